The van der Waals surface area contributed by atoms with Gasteiger partial charge in [-0.15, -0.1) is 0 Å². The summed E-state index contributed by atoms with van der Waals surface area (Å²) in [6.45, 7) is 6.26. The van der Waals surface area contributed by atoms with E-state index in [1.165, 1.54) is 6.42 Å². The second-order valence-corrected chi connectivity index (χ2v) is 4.82. The van der Waals surface area contributed by atoms with Gasteiger partial charge in [-0.25, -0.2) is 4.79 Å². The van der Waals surface area contributed by atoms with Gasteiger partial charge in [-0.3, -0.25) is 0 Å². The summed E-state index contributed by atoms with van der Waals surface area (Å²) in [6, 6.07) is -0.0262. The van der Waals surface area contributed by atoms with E-state index in [4.69, 9.17) is 0 Å². The van der Waals surface area contributed by atoms with Gasteiger partial charge in [-0.2, -0.15) is 0 Å². The van der Waals surface area contributed by atoms with Crippen molar-refractivity contribution in [3.8, 4) is 0 Å². The van der Waals surface area contributed by atoms with Crippen LogP contribution in [0.2, 0.25) is 0 Å². The van der Waals surface area contributed by atoms with Gasteiger partial charge in [-0.05, 0) is 25.2 Å². The van der Waals surface area contributed by atoms with Crippen LogP contribution in [0.4, 0.5) is 4.79 Å². The largest absolute Gasteiger partial charge is 0.391 e. The smallest absolute Gasteiger partial charge is 0.317 e. The normalized spacial score (nSPS) is 22.9. The number of nitrogens with one attached hydrogen (secondary N) is 1. The van der Waals surface area contributed by atoms with Crippen LogP contribution >= 0.6 is 0 Å². The Labute approximate surface area is 98.0 Å². The molecule has 2 unspecified atom stereocenters. The highest BCUT2D eigenvalue weighted by molar-refractivity contribution is 5.74. The second kappa shape index (κ2) is 6.74. The SMILES string of the molecule is CCCC(O)CNC(=O)N1CCCC(C)C1. The zero-order valence-electron chi connectivity index (χ0n) is 10.4. The van der Waals surface area contributed by atoms with Crippen molar-refractivity contribution in [1.29, 1.82) is 0 Å². The predicted octanol–water partition coefficient (Wildman–Crippen LogP) is 1.59. The first-order valence-electron chi connectivity index (χ1n) is 6.34. The maximum absolute atomic E-state index is 11.8. The maximum Gasteiger partial charge on any atom is 0.317 e. The van der Waals surface area contributed by atoms with E-state index < -0.39 is 6.10 Å². The zero-order valence-corrected chi connectivity index (χ0v) is 10.4. The maximum atomic E-state index is 11.8. The Bertz CT molecular complexity index is 221. The summed E-state index contributed by atoms with van der Waals surface area (Å²) in [6.07, 6.45) is 3.58. The molecule has 0 aromatic rings. The van der Waals surface area contributed by atoms with E-state index in [-0.39, 0.29) is 6.03 Å². The number of urea groups is 1. The first-order valence-corrected chi connectivity index (χ1v) is 6.34. The summed E-state index contributed by atoms with van der Waals surface area (Å²) in [5.74, 6) is 0.597. The van der Waals surface area contributed by atoms with Gasteiger partial charge in [-0.1, -0.05) is 20.3 Å². The van der Waals surface area contributed by atoms with Crippen molar-refractivity contribution in [2.75, 3.05) is 19.6 Å². The lowest BCUT2D eigenvalue weighted by atomic mass is 10.0. The van der Waals surface area contributed by atoms with Gasteiger partial charge in [0.15, 0.2) is 0 Å². The summed E-state index contributed by atoms with van der Waals surface area (Å²) in [5.41, 5.74) is 0. The van der Waals surface area contributed by atoms with Crippen molar-refractivity contribution in [3.05, 3.63) is 0 Å². The Morgan fingerprint density at radius 1 is 1.62 bits per heavy atom. The summed E-state index contributed by atoms with van der Waals surface area (Å²) in [4.78, 5) is 13.6. The van der Waals surface area contributed by atoms with Crippen molar-refractivity contribution in [3.63, 3.8) is 0 Å². The van der Waals surface area contributed by atoms with Gasteiger partial charge in [0.2, 0.25) is 0 Å². The number of rotatable bonds is 4. The minimum atomic E-state index is -0.406. The first kappa shape index (κ1) is 13.3. The Hall–Kier alpha value is -0.770. The lowest BCUT2D eigenvalue weighted by molar-refractivity contribution is 0.143. The van der Waals surface area contributed by atoms with Gasteiger partial charge >= 0.3 is 6.03 Å². The number of aliphatic hydroxyl groups excluding tert-OH is 1. The van der Waals surface area contributed by atoms with Crippen LogP contribution in [0, 0.1) is 5.92 Å². The van der Waals surface area contributed by atoms with E-state index in [1.807, 2.05) is 11.8 Å². The van der Waals surface area contributed by atoms with Crippen molar-refractivity contribution >= 4 is 6.03 Å². The molecule has 1 rings (SSSR count). The van der Waals surface area contributed by atoms with Crippen LogP contribution in [0.25, 0.3) is 0 Å². The number of aliphatic hydroxyl groups is 1. The molecule has 0 saturated carbocycles. The molecule has 0 bridgehead atoms. The molecule has 2 amide bonds. The third-order valence-corrected chi connectivity index (χ3v) is 3.06. The molecule has 1 heterocycles. The van der Waals surface area contributed by atoms with Crippen LogP contribution in [0.1, 0.15) is 39.5 Å². The number of piperidine rings is 1. The van der Waals surface area contributed by atoms with Gasteiger partial charge in [0.1, 0.15) is 0 Å². The highest BCUT2D eigenvalue weighted by atomic mass is 16.3. The molecule has 16 heavy (non-hydrogen) atoms. The van der Waals surface area contributed by atoms with E-state index in [0.29, 0.717) is 12.5 Å². The fourth-order valence-corrected chi connectivity index (χ4v) is 2.13. The topological polar surface area (TPSA) is 52.6 Å². The molecule has 2 N–H and O–H groups in total. The summed E-state index contributed by atoms with van der Waals surface area (Å²) < 4.78 is 0. The van der Waals surface area contributed by atoms with Crippen molar-refractivity contribution < 1.29 is 9.90 Å². The highest BCUT2D eigenvalue weighted by Crippen LogP contribution is 2.15. The summed E-state index contributed by atoms with van der Waals surface area (Å²) >= 11 is 0. The third-order valence-electron chi connectivity index (χ3n) is 3.06. The molecule has 4 heteroatoms. The standard InChI is InChI=1S/C12H24N2O2/c1-3-5-11(15)8-13-12(16)14-7-4-6-10(2)9-14/h10-11,15H,3-9H2,1-2H3,(H,13,16). The zero-order chi connectivity index (χ0) is 12.0. The quantitative estimate of drug-likeness (QED) is 0.767. The summed E-state index contributed by atoms with van der Waals surface area (Å²) in [7, 11) is 0. The molecule has 4 nitrogen and oxygen atoms in total. The molecule has 0 aliphatic carbocycles. The minimum absolute atomic E-state index is 0.0262. The Morgan fingerprint density at radius 2 is 2.38 bits per heavy atom. The van der Waals surface area contributed by atoms with E-state index in [2.05, 4.69) is 12.2 Å². The molecule has 2 atom stereocenters. The molecular weight excluding hydrogens is 204 g/mol. The van der Waals surface area contributed by atoms with Gasteiger partial charge in [0.05, 0.1) is 6.10 Å². The van der Waals surface area contributed by atoms with Crippen LogP contribution in [0.3, 0.4) is 0 Å². The number of carbonyl (C=O) groups is 1. The van der Waals surface area contributed by atoms with Crippen LogP contribution < -0.4 is 5.32 Å². The molecule has 1 aliphatic heterocycles. The molecular formula is C12H24N2O2. The lowest BCUT2D eigenvalue weighted by Crippen LogP contribution is -2.46. The number of nitrogens with zero attached hydrogens (tertiary/aromatic N) is 1. The fourth-order valence-electron chi connectivity index (χ4n) is 2.13. The van der Waals surface area contributed by atoms with Crippen LogP contribution in [0.15, 0.2) is 0 Å². The van der Waals surface area contributed by atoms with E-state index in [1.54, 1.807) is 0 Å². The number of amides is 2. The number of hydrogen-bond acceptors (Lipinski definition) is 2. The van der Waals surface area contributed by atoms with Crippen molar-refractivity contribution in [2.24, 2.45) is 5.92 Å². The van der Waals surface area contributed by atoms with Crippen LogP contribution in [-0.2, 0) is 0 Å². The predicted molar refractivity (Wildman–Crippen MR) is 64.3 cm³/mol. The Morgan fingerprint density at radius 3 is 3.00 bits per heavy atom. The Kier molecular flexibility index (Phi) is 5.60. The average molecular weight is 228 g/mol. The Balaban J connectivity index is 2.23. The summed E-state index contributed by atoms with van der Waals surface area (Å²) in [5, 5.41) is 12.3. The minimum Gasteiger partial charge on any atom is -0.391 e. The van der Waals surface area contributed by atoms with Gasteiger partial charge < -0.3 is 15.3 Å². The fraction of sp³-hybridized carbons (Fsp3) is 0.917. The number of hydrogen-bond donors (Lipinski definition) is 2. The van der Waals surface area contributed by atoms with E-state index in [9.17, 15) is 9.90 Å². The van der Waals surface area contributed by atoms with Crippen molar-refractivity contribution in [1.82, 2.24) is 10.2 Å². The molecule has 94 valence electrons. The van der Waals surface area contributed by atoms with Gasteiger partial charge in [0.25, 0.3) is 0 Å². The molecule has 1 fully saturated rings. The number of carbonyl (C=O) groups excluding carboxylic acids is 1. The monoisotopic (exact) mass is 228 g/mol. The molecule has 0 spiro atoms. The molecule has 0 aromatic heterocycles. The van der Waals surface area contributed by atoms with E-state index in [0.717, 1.165) is 32.4 Å². The second-order valence-electron chi connectivity index (χ2n) is 4.82. The van der Waals surface area contributed by atoms with Crippen LogP contribution in [0.5, 0.6) is 0 Å². The lowest BCUT2D eigenvalue weighted by Gasteiger charge is -2.31. The molecule has 1 saturated heterocycles. The van der Waals surface area contributed by atoms with Crippen molar-refractivity contribution in [2.45, 2.75) is 45.6 Å². The molecule has 0 radical (unpaired) electrons. The third kappa shape index (κ3) is 4.39. The number of likely N-dealkylation sites (tertiary alicyclic amines) is 1. The van der Waals surface area contributed by atoms with Crippen LogP contribution in [-0.4, -0.2) is 41.8 Å². The van der Waals surface area contributed by atoms with E-state index >= 15 is 0 Å². The molecule has 0 aromatic carbocycles. The van der Waals surface area contributed by atoms with Gasteiger partial charge in [0, 0.05) is 19.6 Å². The highest BCUT2D eigenvalue weighted by Gasteiger charge is 2.20. The first-order chi connectivity index (χ1) is 7.63. The molecule has 1 aliphatic rings. The average Bonchev–Trinajstić information content (AvgIpc) is 2.26.